The first-order valence-electron chi connectivity index (χ1n) is 6.88. The Labute approximate surface area is 123 Å². The van der Waals surface area contributed by atoms with Gasteiger partial charge in [0.25, 0.3) is 5.91 Å². The molecule has 21 heavy (non-hydrogen) atoms. The SMILES string of the molecule is CCCNc1cccc(C(=O)Nc2cc(C)cc(F)c2)n1. The molecule has 1 aromatic heterocycles. The van der Waals surface area contributed by atoms with Gasteiger partial charge in [0, 0.05) is 12.2 Å². The van der Waals surface area contributed by atoms with Crippen LogP contribution in [-0.2, 0) is 0 Å². The van der Waals surface area contributed by atoms with Gasteiger partial charge in [0.05, 0.1) is 0 Å². The smallest absolute Gasteiger partial charge is 0.274 e. The summed E-state index contributed by atoms with van der Waals surface area (Å²) in [7, 11) is 0. The summed E-state index contributed by atoms with van der Waals surface area (Å²) in [6, 6.07) is 9.58. The third-order valence-corrected chi connectivity index (χ3v) is 2.84. The van der Waals surface area contributed by atoms with Crippen molar-refractivity contribution in [2.45, 2.75) is 20.3 Å². The number of hydrogen-bond donors (Lipinski definition) is 2. The van der Waals surface area contributed by atoms with Crippen molar-refractivity contribution >= 4 is 17.4 Å². The first-order valence-corrected chi connectivity index (χ1v) is 6.88. The van der Waals surface area contributed by atoms with Gasteiger partial charge in [0.15, 0.2) is 0 Å². The maximum absolute atomic E-state index is 13.3. The van der Waals surface area contributed by atoms with Crippen LogP contribution in [0.3, 0.4) is 0 Å². The van der Waals surface area contributed by atoms with Gasteiger partial charge in [-0.3, -0.25) is 4.79 Å². The predicted octanol–water partition coefficient (Wildman–Crippen LogP) is 3.60. The van der Waals surface area contributed by atoms with Gasteiger partial charge in [-0.2, -0.15) is 0 Å². The molecule has 0 saturated carbocycles. The van der Waals surface area contributed by atoms with E-state index in [9.17, 15) is 9.18 Å². The predicted molar refractivity (Wildman–Crippen MR) is 82.1 cm³/mol. The monoisotopic (exact) mass is 287 g/mol. The molecule has 0 aliphatic carbocycles. The fourth-order valence-electron chi connectivity index (χ4n) is 1.92. The summed E-state index contributed by atoms with van der Waals surface area (Å²) >= 11 is 0. The van der Waals surface area contributed by atoms with Crippen LogP contribution in [0.2, 0.25) is 0 Å². The van der Waals surface area contributed by atoms with Crippen LogP contribution in [0.4, 0.5) is 15.9 Å². The Hall–Kier alpha value is -2.43. The minimum Gasteiger partial charge on any atom is -0.370 e. The molecule has 2 rings (SSSR count). The number of aromatic nitrogens is 1. The highest BCUT2D eigenvalue weighted by Crippen LogP contribution is 2.14. The van der Waals surface area contributed by atoms with E-state index in [1.807, 2.05) is 0 Å². The summed E-state index contributed by atoms with van der Waals surface area (Å²) in [6.07, 6.45) is 0.973. The van der Waals surface area contributed by atoms with Crippen LogP contribution < -0.4 is 10.6 Å². The fourth-order valence-corrected chi connectivity index (χ4v) is 1.92. The van der Waals surface area contributed by atoms with Gasteiger partial charge in [-0.05, 0) is 49.2 Å². The molecule has 5 heteroatoms. The van der Waals surface area contributed by atoms with E-state index in [2.05, 4.69) is 22.5 Å². The van der Waals surface area contributed by atoms with Crippen molar-refractivity contribution in [2.75, 3.05) is 17.2 Å². The number of amides is 1. The molecule has 0 fully saturated rings. The molecule has 0 spiro atoms. The topological polar surface area (TPSA) is 54.0 Å². The van der Waals surface area contributed by atoms with Gasteiger partial charge >= 0.3 is 0 Å². The molecular weight excluding hydrogens is 269 g/mol. The number of nitrogens with one attached hydrogen (secondary N) is 2. The van der Waals surface area contributed by atoms with Crippen LogP contribution in [0.25, 0.3) is 0 Å². The molecule has 0 aliphatic heterocycles. The van der Waals surface area contributed by atoms with Crippen molar-refractivity contribution in [3.05, 3.63) is 53.5 Å². The highest BCUT2D eigenvalue weighted by molar-refractivity contribution is 6.03. The zero-order valence-electron chi connectivity index (χ0n) is 12.1. The summed E-state index contributed by atoms with van der Waals surface area (Å²) < 4.78 is 13.3. The number of carbonyl (C=O) groups excluding carboxylic acids is 1. The highest BCUT2D eigenvalue weighted by atomic mass is 19.1. The number of rotatable bonds is 5. The molecule has 110 valence electrons. The molecular formula is C16H18FN3O. The highest BCUT2D eigenvalue weighted by Gasteiger charge is 2.09. The van der Waals surface area contributed by atoms with Gasteiger partial charge < -0.3 is 10.6 Å². The Balaban J connectivity index is 2.12. The van der Waals surface area contributed by atoms with Crippen molar-refractivity contribution in [1.29, 1.82) is 0 Å². The van der Waals surface area contributed by atoms with E-state index >= 15 is 0 Å². The number of carbonyl (C=O) groups is 1. The van der Waals surface area contributed by atoms with Gasteiger partial charge in [-0.15, -0.1) is 0 Å². The Morgan fingerprint density at radius 1 is 1.29 bits per heavy atom. The van der Waals surface area contributed by atoms with Crippen LogP contribution >= 0.6 is 0 Å². The lowest BCUT2D eigenvalue weighted by Gasteiger charge is -2.08. The average Bonchev–Trinajstić information content (AvgIpc) is 2.44. The molecule has 0 atom stereocenters. The molecule has 1 heterocycles. The van der Waals surface area contributed by atoms with Crippen molar-refractivity contribution in [3.8, 4) is 0 Å². The molecule has 1 aromatic carbocycles. The summed E-state index contributed by atoms with van der Waals surface area (Å²) in [5.74, 6) is -0.0864. The second kappa shape index (κ2) is 6.83. The zero-order chi connectivity index (χ0) is 15.2. The number of anilines is 2. The number of benzene rings is 1. The minimum atomic E-state index is -0.378. The maximum atomic E-state index is 13.3. The molecule has 1 amide bonds. The Kier molecular flexibility index (Phi) is 4.87. The van der Waals surface area contributed by atoms with E-state index in [1.165, 1.54) is 12.1 Å². The van der Waals surface area contributed by atoms with Gasteiger partial charge in [-0.1, -0.05) is 13.0 Å². The molecule has 0 unspecified atom stereocenters. The van der Waals surface area contributed by atoms with E-state index in [0.29, 0.717) is 11.5 Å². The van der Waals surface area contributed by atoms with Crippen LogP contribution in [0.5, 0.6) is 0 Å². The second-order valence-electron chi connectivity index (χ2n) is 4.81. The van der Waals surface area contributed by atoms with E-state index in [-0.39, 0.29) is 17.4 Å². The Bertz CT molecular complexity index is 623. The second-order valence-corrected chi connectivity index (χ2v) is 4.81. The van der Waals surface area contributed by atoms with Crippen molar-refractivity contribution in [3.63, 3.8) is 0 Å². The van der Waals surface area contributed by atoms with Crippen LogP contribution in [0.1, 0.15) is 29.4 Å². The third-order valence-electron chi connectivity index (χ3n) is 2.84. The van der Waals surface area contributed by atoms with E-state index in [0.717, 1.165) is 18.5 Å². The van der Waals surface area contributed by atoms with Crippen LogP contribution in [0.15, 0.2) is 36.4 Å². The molecule has 2 N–H and O–H groups in total. The van der Waals surface area contributed by atoms with E-state index in [1.54, 1.807) is 31.2 Å². The van der Waals surface area contributed by atoms with Crippen LogP contribution in [-0.4, -0.2) is 17.4 Å². The van der Waals surface area contributed by atoms with Crippen molar-refractivity contribution in [2.24, 2.45) is 0 Å². The standard InChI is InChI=1S/C16H18FN3O/c1-3-7-18-15-6-4-5-14(20-15)16(21)19-13-9-11(2)8-12(17)10-13/h4-6,8-10H,3,7H2,1-2H3,(H,18,20)(H,19,21). The largest absolute Gasteiger partial charge is 0.370 e. The average molecular weight is 287 g/mol. The first-order chi connectivity index (χ1) is 10.1. The lowest BCUT2D eigenvalue weighted by Crippen LogP contribution is -2.15. The fraction of sp³-hybridized carbons (Fsp3) is 0.250. The summed E-state index contributed by atoms with van der Waals surface area (Å²) in [4.78, 5) is 16.4. The molecule has 0 radical (unpaired) electrons. The first kappa shape index (κ1) is 15.0. The minimum absolute atomic E-state index is 0.290. The number of halogens is 1. The third kappa shape index (κ3) is 4.27. The van der Waals surface area contributed by atoms with Crippen LogP contribution in [0, 0.1) is 12.7 Å². The molecule has 2 aromatic rings. The Morgan fingerprint density at radius 2 is 2.10 bits per heavy atom. The van der Waals surface area contributed by atoms with E-state index in [4.69, 9.17) is 0 Å². The maximum Gasteiger partial charge on any atom is 0.274 e. The normalized spacial score (nSPS) is 10.2. The lowest BCUT2D eigenvalue weighted by atomic mass is 10.2. The van der Waals surface area contributed by atoms with Gasteiger partial charge in [0.2, 0.25) is 0 Å². The Morgan fingerprint density at radius 3 is 2.81 bits per heavy atom. The number of hydrogen-bond acceptors (Lipinski definition) is 3. The van der Waals surface area contributed by atoms with Crippen molar-refractivity contribution in [1.82, 2.24) is 4.98 Å². The zero-order valence-corrected chi connectivity index (χ0v) is 12.1. The lowest BCUT2D eigenvalue weighted by molar-refractivity contribution is 0.102. The molecule has 4 nitrogen and oxygen atoms in total. The number of pyridine rings is 1. The quantitative estimate of drug-likeness (QED) is 0.883. The van der Waals surface area contributed by atoms with Crippen molar-refractivity contribution < 1.29 is 9.18 Å². The number of nitrogens with zero attached hydrogens (tertiary/aromatic N) is 1. The van der Waals surface area contributed by atoms with Gasteiger partial charge in [-0.25, -0.2) is 9.37 Å². The summed E-state index contributed by atoms with van der Waals surface area (Å²) in [5.41, 5.74) is 1.46. The number of aryl methyl sites for hydroxylation is 1. The molecule has 0 saturated heterocycles. The van der Waals surface area contributed by atoms with E-state index < -0.39 is 0 Å². The molecule has 0 aliphatic rings. The summed E-state index contributed by atoms with van der Waals surface area (Å²) in [5, 5.41) is 5.77. The summed E-state index contributed by atoms with van der Waals surface area (Å²) in [6.45, 7) is 4.61. The van der Waals surface area contributed by atoms with Gasteiger partial charge in [0.1, 0.15) is 17.3 Å². The molecule has 0 bridgehead atoms.